The number of hydrogen-bond donors (Lipinski definition) is 0. The number of nitriles is 1. The molecule has 0 saturated carbocycles. The van der Waals surface area contributed by atoms with Gasteiger partial charge in [-0.05, 0) is 13.0 Å². The first-order valence-electron chi connectivity index (χ1n) is 3.62. The number of thioether (sulfide) groups is 1. The minimum absolute atomic E-state index is 0.0545. The summed E-state index contributed by atoms with van der Waals surface area (Å²) in [5, 5.41) is 9.24. The fourth-order valence-electron chi connectivity index (χ4n) is 0.597. The summed E-state index contributed by atoms with van der Waals surface area (Å²) in [5.41, 5.74) is 0. The maximum absolute atomic E-state index is 8.51. The van der Waals surface area contributed by atoms with Crippen LogP contribution in [0.3, 0.4) is 0 Å². The lowest BCUT2D eigenvalue weighted by atomic mass is 10.3. The quantitative estimate of drug-likeness (QED) is 0.523. The molecule has 1 atom stereocenters. The summed E-state index contributed by atoms with van der Waals surface area (Å²) >= 11 is 1.51. The highest BCUT2D eigenvalue weighted by molar-refractivity contribution is 7.99. The Morgan fingerprint density at radius 2 is 2.25 bits per heavy atom. The molecule has 0 amide bonds. The van der Waals surface area contributed by atoms with Crippen molar-refractivity contribution >= 4 is 11.8 Å². The largest absolute Gasteiger partial charge is 0.231 e. The third-order valence-electron chi connectivity index (χ3n) is 1.22. The monoisotopic (exact) mass is 179 g/mol. The van der Waals surface area contributed by atoms with E-state index in [1.54, 1.807) is 18.5 Å². The van der Waals surface area contributed by atoms with E-state index in [-0.39, 0.29) is 5.92 Å². The van der Waals surface area contributed by atoms with E-state index in [1.807, 2.05) is 6.92 Å². The molecule has 1 unspecified atom stereocenters. The van der Waals surface area contributed by atoms with E-state index in [0.717, 1.165) is 10.9 Å². The molecule has 0 fully saturated rings. The van der Waals surface area contributed by atoms with Crippen LogP contribution in [0.15, 0.2) is 23.6 Å². The van der Waals surface area contributed by atoms with Crippen molar-refractivity contribution in [2.75, 3.05) is 5.75 Å². The topological polar surface area (TPSA) is 49.6 Å². The molecule has 0 saturated heterocycles. The van der Waals surface area contributed by atoms with Gasteiger partial charge in [-0.1, -0.05) is 11.8 Å². The first-order valence-corrected chi connectivity index (χ1v) is 4.61. The zero-order valence-electron chi connectivity index (χ0n) is 6.77. The molecule has 0 aliphatic carbocycles. The average Bonchev–Trinajstić information content (AvgIpc) is 2.16. The summed E-state index contributed by atoms with van der Waals surface area (Å²) in [6.45, 7) is 1.88. The minimum Gasteiger partial charge on any atom is -0.231 e. The van der Waals surface area contributed by atoms with Gasteiger partial charge >= 0.3 is 0 Å². The standard InChI is InChI=1S/C8H9N3S/c1-7(5-9)6-12-8-10-3-2-4-11-8/h2-4,7H,6H2,1H3. The fourth-order valence-corrected chi connectivity index (χ4v) is 1.34. The van der Waals surface area contributed by atoms with Crippen molar-refractivity contribution in [1.82, 2.24) is 9.97 Å². The van der Waals surface area contributed by atoms with Crippen molar-refractivity contribution in [3.05, 3.63) is 18.5 Å². The lowest BCUT2D eigenvalue weighted by molar-refractivity contribution is 0.856. The summed E-state index contributed by atoms with van der Waals surface area (Å²) in [6.07, 6.45) is 3.40. The molecule has 0 aliphatic rings. The van der Waals surface area contributed by atoms with Crippen LogP contribution in [-0.4, -0.2) is 15.7 Å². The third-order valence-corrected chi connectivity index (χ3v) is 2.36. The Hall–Kier alpha value is -1.08. The van der Waals surface area contributed by atoms with Gasteiger partial charge < -0.3 is 0 Å². The van der Waals surface area contributed by atoms with Crippen LogP contribution in [-0.2, 0) is 0 Å². The number of aromatic nitrogens is 2. The molecule has 62 valence electrons. The van der Waals surface area contributed by atoms with E-state index in [2.05, 4.69) is 16.0 Å². The maximum Gasteiger partial charge on any atom is 0.187 e. The molecule has 0 aliphatic heterocycles. The van der Waals surface area contributed by atoms with Crippen LogP contribution in [0.2, 0.25) is 0 Å². The number of rotatable bonds is 3. The second kappa shape index (κ2) is 4.73. The molecule has 1 heterocycles. The SMILES string of the molecule is CC(C#N)CSc1ncccn1. The van der Waals surface area contributed by atoms with Crippen LogP contribution in [0.25, 0.3) is 0 Å². The molecular formula is C8H9N3S. The summed E-state index contributed by atoms with van der Waals surface area (Å²) in [5.74, 6) is 0.805. The summed E-state index contributed by atoms with van der Waals surface area (Å²) in [6, 6.07) is 3.93. The van der Waals surface area contributed by atoms with Gasteiger partial charge in [-0.15, -0.1) is 0 Å². The summed E-state index contributed by atoms with van der Waals surface area (Å²) in [4.78, 5) is 8.05. The molecule has 0 radical (unpaired) electrons. The van der Waals surface area contributed by atoms with Crippen molar-refractivity contribution in [2.24, 2.45) is 5.92 Å². The van der Waals surface area contributed by atoms with Gasteiger partial charge in [0.05, 0.1) is 12.0 Å². The van der Waals surface area contributed by atoms with E-state index in [1.165, 1.54) is 11.8 Å². The van der Waals surface area contributed by atoms with Crippen molar-refractivity contribution in [2.45, 2.75) is 12.1 Å². The first kappa shape index (κ1) is 9.01. The van der Waals surface area contributed by atoms with E-state index < -0.39 is 0 Å². The Morgan fingerprint density at radius 3 is 2.83 bits per heavy atom. The zero-order valence-corrected chi connectivity index (χ0v) is 7.58. The molecule has 3 nitrogen and oxygen atoms in total. The Morgan fingerprint density at radius 1 is 1.58 bits per heavy atom. The molecule has 0 bridgehead atoms. The molecule has 1 aromatic rings. The molecule has 4 heteroatoms. The maximum atomic E-state index is 8.51. The van der Waals surface area contributed by atoms with Crippen LogP contribution in [0, 0.1) is 17.2 Å². The lowest BCUT2D eigenvalue weighted by Gasteiger charge is -1.99. The van der Waals surface area contributed by atoms with Crippen LogP contribution >= 0.6 is 11.8 Å². The van der Waals surface area contributed by atoms with Crippen molar-refractivity contribution in [1.29, 1.82) is 5.26 Å². The van der Waals surface area contributed by atoms with E-state index >= 15 is 0 Å². The normalized spacial score (nSPS) is 12.0. The number of nitrogens with zero attached hydrogens (tertiary/aromatic N) is 3. The first-order chi connectivity index (χ1) is 5.83. The number of hydrogen-bond acceptors (Lipinski definition) is 4. The molecule has 0 N–H and O–H groups in total. The highest BCUT2D eigenvalue weighted by Gasteiger charge is 2.01. The highest BCUT2D eigenvalue weighted by atomic mass is 32.2. The van der Waals surface area contributed by atoms with Crippen molar-refractivity contribution < 1.29 is 0 Å². The third kappa shape index (κ3) is 2.89. The van der Waals surface area contributed by atoms with Gasteiger partial charge in [0.25, 0.3) is 0 Å². The fraction of sp³-hybridized carbons (Fsp3) is 0.375. The van der Waals surface area contributed by atoms with Crippen LogP contribution in [0.4, 0.5) is 0 Å². The molecular weight excluding hydrogens is 170 g/mol. The average molecular weight is 179 g/mol. The minimum atomic E-state index is 0.0545. The van der Waals surface area contributed by atoms with E-state index in [0.29, 0.717) is 0 Å². The van der Waals surface area contributed by atoms with Crippen LogP contribution in [0.1, 0.15) is 6.92 Å². The van der Waals surface area contributed by atoms with Crippen molar-refractivity contribution in [3.63, 3.8) is 0 Å². The van der Waals surface area contributed by atoms with Gasteiger partial charge in [0, 0.05) is 18.1 Å². The second-order valence-electron chi connectivity index (χ2n) is 2.37. The molecule has 1 rings (SSSR count). The smallest absolute Gasteiger partial charge is 0.187 e. The zero-order chi connectivity index (χ0) is 8.81. The van der Waals surface area contributed by atoms with Gasteiger partial charge in [-0.2, -0.15) is 5.26 Å². The summed E-state index contributed by atoms with van der Waals surface area (Å²) < 4.78 is 0. The van der Waals surface area contributed by atoms with Gasteiger partial charge in [-0.3, -0.25) is 0 Å². The lowest BCUT2D eigenvalue weighted by Crippen LogP contribution is -1.94. The highest BCUT2D eigenvalue weighted by Crippen LogP contribution is 2.14. The molecule has 12 heavy (non-hydrogen) atoms. The van der Waals surface area contributed by atoms with Crippen LogP contribution < -0.4 is 0 Å². The molecule has 0 aromatic carbocycles. The molecule has 0 spiro atoms. The predicted octanol–water partition coefficient (Wildman–Crippen LogP) is 1.73. The van der Waals surface area contributed by atoms with Gasteiger partial charge in [-0.25, -0.2) is 9.97 Å². The van der Waals surface area contributed by atoms with Gasteiger partial charge in [0.2, 0.25) is 0 Å². The Kier molecular flexibility index (Phi) is 3.55. The second-order valence-corrected chi connectivity index (χ2v) is 3.36. The van der Waals surface area contributed by atoms with E-state index in [9.17, 15) is 0 Å². The summed E-state index contributed by atoms with van der Waals surface area (Å²) in [7, 11) is 0. The Balaban J connectivity index is 2.40. The van der Waals surface area contributed by atoms with Gasteiger partial charge in [0.15, 0.2) is 5.16 Å². The Bertz CT molecular complexity index is 267. The molecule has 1 aromatic heterocycles. The Labute approximate surface area is 75.8 Å². The predicted molar refractivity (Wildman–Crippen MR) is 47.5 cm³/mol. The van der Waals surface area contributed by atoms with Crippen molar-refractivity contribution in [3.8, 4) is 6.07 Å². The van der Waals surface area contributed by atoms with Gasteiger partial charge in [0.1, 0.15) is 0 Å². The van der Waals surface area contributed by atoms with Crippen LogP contribution in [0.5, 0.6) is 0 Å². The van der Waals surface area contributed by atoms with E-state index in [4.69, 9.17) is 5.26 Å².